The third kappa shape index (κ3) is 4.08. The molecular formula is C24H24N6O2. The van der Waals surface area contributed by atoms with Crippen molar-refractivity contribution in [2.24, 2.45) is 5.84 Å². The number of nitrogens with zero attached hydrogens (tertiary/aromatic N) is 3. The molecule has 1 aliphatic rings. The smallest absolute Gasteiger partial charge is 0.127 e. The number of fused-ring (bicyclic) bond motifs is 1. The zero-order chi connectivity index (χ0) is 21.9. The van der Waals surface area contributed by atoms with Gasteiger partial charge in [-0.3, -0.25) is 10.8 Å². The molecule has 5 N–H and O–H groups in total. The highest BCUT2D eigenvalue weighted by Gasteiger charge is 2.23. The van der Waals surface area contributed by atoms with Crippen LogP contribution in [0.5, 0.6) is 17.2 Å². The van der Waals surface area contributed by atoms with Gasteiger partial charge in [0.1, 0.15) is 22.9 Å². The highest BCUT2D eigenvalue weighted by atomic mass is 16.5. The first-order valence-corrected chi connectivity index (χ1v) is 10.4. The van der Waals surface area contributed by atoms with Crippen LogP contribution in [-0.2, 0) is 6.54 Å². The van der Waals surface area contributed by atoms with Crippen molar-refractivity contribution in [3.63, 3.8) is 0 Å². The molecule has 1 atom stereocenters. The van der Waals surface area contributed by atoms with Crippen molar-refractivity contribution in [3.8, 4) is 28.6 Å². The third-order valence-corrected chi connectivity index (χ3v) is 5.54. The Balaban J connectivity index is 1.37. The molecule has 32 heavy (non-hydrogen) atoms. The van der Waals surface area contributed by atoms with Gasteiger partial charge in [-0.2, -0.15) is 0 Å². The lowest BCUT2D eigenvalue weighted by atomic mass is 9.93. The maximum Gasteiger partial charge on any atom is 0.127 e. The van der Waals surface area contributed by atoms with Crippen LogP contribution in [0.15, 0.2) is 73.3 Å². The number of hydrogen-bond donors (Lipinski definition) is 3. The maximum absolute atomic E-state index is 6.03. The Morgan fingerprint density at radius 1 is 1.06 bits per heavy atom. The van der Waals surface area contributed by atoms with Crippen molar-refractivity contribution in [1.29, 1.82) is 0 Å². The topological polar surface area (TPSA) is 113 Å². The van der Waals surface area contributed by atoms with E-state index in [0.29, 0.717) is 23.7 Å². The molecule has 162 valence electrons. The van der Waals surface area contributed by atoms with Crippen molar-refractivity contribution < 1.29 is 9.47 Å². The van der Waals surface area contributed by atoms with Gasteiger partial charge >= 0.3 is 0 Å². The highest BCUT2D eigenvalue weighted by Crippen LogP contribution is 2.38. The van der Waals surface area contributed by atoms with Crippen LogP contribution >= 0.6 is 0 Å². The van der Waals surface area contributed by atoms with Crippen LogP contribution < -0.4 is 26.5 Å². The average molecular weight is 428 g/mol. The maximum atomic E-state index is 6.03. The first-order valence-electron chi connectivity index (χ1n) is 10.4. The Kier molecular flexibility index (Phi) is 5.35. The zero-order valence-corrected chi connectivity index (χ0v) is 17.4. The molecule has 1 aliphatic heterocycles. The second-order valence-electron chi connectivity index (χ2n) is 7.71. The van der Waals surface area contributed by atoms with E-state index in [-0.39, 0.29) is 5.92 Å². The van der Waals surface area contributed by atoms with Gasteiger partial charge < -0.3 is 25.2 Å². The van der Waals surface area contributed by atoms with Gasteiger partial charge in [-0.15, -0.1) is 0 Å². The van der Waals surface area contributed by atoms with E-state index in [4.69, 9.17) is 21.1 Å². The number of nitrogens with two attached hydrogens (primary N) is 2. The number of imidazole rings is 1. The van der Waals surface area contributed by atoms with Gasteiger partial charge in [0.05, 0.1) is 36.2 Å². The van der Waals surface area contributed by atoms with E-state index in [2.05, 4.69) is 26.0 Å². The minimum Gasteiger partial charge on any atom is -0.493 e. The molecule has 0 aliphatic carbocycles. The molecule has 0 saturated heterocycles. The molecule has 3 heterocycles. The number of aromatic nitrogens is 3. The normalized spacial score (nSPS) is 15.0. The lowest BCUT2D eigenvalue weighted by molar-refractivity contribution is 0.258. The first kappa shape index (κ1) is 19.9. The zero-order valence-electron chi connectivity index (χ0n) is 17.4. The molecule has 2 aromatic carbocycles. The SMILES string of the molecule is NNc1cc(-c2cn(CC3CCOc4ccc(Oc5ccccc5)cc43)cn2)ncc1N. The summed E-state index contributed by atoms with van der Waals surface area (Å²) in [5.41, 5.74) is 12.2. The molecule has 0 radical (unpaired) electrons. The van der Waals surface area contributed by atoms with Gasteiger partial charge in [-0.05, 0) is 42.8 Å². The fourth-order valence-corrected chi connectivity index (χ4v) is 3.90. The van der Waals surface area contributed by atoms with E-state index in [9.17, 15) is 0 Å². The molecule has 8 nitrogen and oxygen atoms in total. The fourth-order valence-electron chi connectivity index (χ4n) is 3.90. The Morgan fingerprint density at radius 3 is 2.78 bits per heavy atom. The predicted molar refractivity (Wildman–Crippen MR) is 123 cm³/mol. The summed E-state index contributed by atoms with van der Waals surface area (Å²) in [7, 11) is 0. The first-order chi connectivity index (χ1) is 15.7. The second-order valence-corrected chi connectivity index (χ2v) is 7.71. The molecule has 8 heteroatoms. The van der Waals surface area contributed by atoms with Crippen molar-refractivity contribution in [2.45, 2.75) is 18.9 Å². The van der Waals surface area contributed by atoms with Crippen LogP contribution in [0.3, 0.4) is 0 Å². The summed E-state index contributed by atoms with van der Waals surface area (Å²) in [4.78, 5) is 8.89. The number of para-hydroxylation sites is 1. The van der Waals surface area contributed by atoms with Gasteiger partial charge in [-0.25, -0.2) is 4.98 Å². The van der Waals surface area contributed by atoms with E-state index >= 15 is 0 Å². The quantitative estimate of drug-likeness (QED) is 0.312. The summed E-state index contributed by atoms with van der Waals surface area (Å²) in [5.74, 6) is 8.31. The number of rotatable bonds is 6. The van der Waals surface area contributed by atoms with E-state index in [0.717, 1.165) is 41.5 Å². The molecule has 0 amide bonds. The van der Waals surface area contributed by atoms with Gasteiger partial charge in [0.25, 0.3) is 0 Å². The molecule has 0 bridgehead atoms. The van der Waals surface area contributed by atoms with Crippen LogP contribution in [-0.4, -0.2) is 21.1 Å². The van der Waals surface area contributed by atoms with Crippen LogP contribution in [0.1, 0.15) is 17.9 Å². The molecule has 0 spiro atoms. The Labute approximate surface area is 185 Å². The number of benzene rings is 2. The highest BCUT2D eigenvalue weighted by molar-refractivity contribution is 5.70. The van der Waals surface area contributed by atoms with Crippen LogP contribution in [0.2, 0.25) is 0 Å². The number of hydrazine groups is 1. The number of pyridine rings is 1. The van der Waals surface area contributed by atoms with Crippen LogP contribution in [0.4, 0.5) is 11.4 Å². The monoisotopic (exact) mass is 428 g/mol. The van der Waals surface area contributed by atoms with Gasteiger partial charge in [0, 0.05) is 24.2 Å². The number of ether oxygens (including phenoxy) is 2. The minimum atomic E-state index is 0.278. The number of nitrogen functional groups attached to an aromatic ring is 2. The minimum absolute atomic E-state index is 0.278. The van der Waals surface area contributed by atoms with E-state index < -0.39 is 0 Å². The summed E-state index contributed by atoms with van der Waals surface area (Å²) in [6.07, 6.45) is 6.30. The summed E-state index contributed by atoms with van der Waals surface area (Å²) < 4.78 is 14.0. The lowest BCUT2D eigenvalue weighted by Gasteiger charge is -2.26. The Morgan fingerprint density at radius 2 is 1.94 bits per heavy atom. The predicted octanol–water partition coefficient (Wildman–Crippen LogP) is 4.17. The standard InChI is InChI=1S/C24H24N6O2/c25-20-12-27-22(11-21(20)29-26)23-14-30(15-28-23)13-16-8-9-31-24-7-6-18(10-19(16)24)32-17-4-2-1-3-5-17/h1-7,10-12,14-16H,8-9,13,25-26H2,(H,27,29). The van der Waals surface area contributed by atoms with Crippen molar-refractivity contribution in [3.05, 3.63) is 78.9 Å². The summed E-state index contributed by atoms with van der Waals surface area (Å²) in [5, 5.41) is 0. The largest absolute Gasteiger partial charge is 0.493 e. The molecule has 0 saturated carbocycles. The summed E-state index contributed by atoms with van der Waals surface area (Å²) in [6, 6.07) is 17.6. The average Bonchev–Trinajstić information content (AvgIpc) is 3.29. The van der Waals surface area contributed by atoms with Crippen molar-refractivity contribution in [2.75, 3.05) is 17.8 Å². The Bertz CT molecular complexity index is 1220. The molecule has 2 aromatic heterocycles. The fraction of sp³-hybridized carbons (Fsp3) is 0.167. The molecule has 1 unspecified atom stereocenters. The second kappa shape index (κ2) is 8.60. The lowest BCUT2D eigenvalue weighted by Crippen LogP contribution is -2.18. The van der Waals surface area contributed by atoms with E-state index in [1.165, 1.54) is 0 Å². The number of nitrogens with one attached hydrogen (secondary N) is 1. The van der Waals surface area contributed by atoms with E-state index in [1.807, 2.05) is 55.0 Å². The molecule has 5 rings (SSSR count). The van der Waals surface area contributed by atoms with Crippen molar-refractivity contribution >= 4 is 11.4 Å². The van der Waals surface area contributed by atoms with Crippen LogP contribution in [0.25, 0.3) is 11.4 Å². The van der Waals surface area contributed by atoms with Crippen molar-refractivity contribution in [1.82, 2.24) is 14.5 Å². The number of anilines is 2. The molecular weight excluding hydrogens is 404 g/mol. The summed E-state index contributed by atoms with van der Waals surface area (Å²) in [6.45, 7) is 1.46. The molecule has 0 fully saturated rings. The van der Waals surface area contributed by atoms with Gasteiger partial charge in [-0.1, -0.05) is 18.2 Å². The molecule has 4 aromatic rings. The third-order valence-electron chi connectivity index (χ3n) is 5.54. The van der Waals surface area contributed by atoms with E-state index in [1.54, 1.807) is 12.3 Å². The van der Waals surface area contributed by atoms with Crippen LogP contribution in [0, 0.1) is 0 Å². The summed E-state index contributed by atoms with van der Waals surface area (Å²) >= 11 is 0. The van der Waals surface area contributed by atoms with Gasteiger partial charge in [0.15, 0.2) is 0 Å². The number of hydrogen-bond acceptors (Lipinski definition) is 7. The Hall–Kier alpha value is -4.04. The van der Waals surface area contributed by atoms with Gasteiger partial charge in [0.2, 0.25) is 0 Å².